The molecule has 0 amide bonds. The summed E-state index contributed by atoms with van der Waals surface area (Å²) in [5, 5.41) is 3.35. The molecule has 0 aliphatic heterocycles. The number of furan rings is 1. The molecule has 3 heteroatoms. The van der Waals surface area contributed by atoms with Crippen molar-refractivity contribution in [3.05, 3.63) is 59.5 Å². The van der Waals surface area contributed by atoms with Gasteiger partial charge in [0.15, 0.2) is 0 Å². The lowest BCUT2D eigenvalue weighted by molar-refractivity contribution is 0.484. The maximum atomic E-state index is 5.70. The van der Waals surface area contributed by atoms with Crippen molar-refractivity contribution >= 4 is 0 Å². The first kappa shape index (κ1) is 11.9. The maximum Gasteiger partial charge on any atom is 0.117 e. The number of benzene rings is 1. The van der Waals surface area contributed by atoms with E-state index in [2.05, 4.69) is 23.5 Å². The van der Waals surface area contributed by atoms with Crippen LogP contribution < -0.4 is 11.1 Å². The van der Waals surface area contributed by atoms with Crippen LogP contribution in [0.25, 0.3) is 0 Å². The van der Waals surface area contributed by atoms with E-state index >= 15 is 0 Å². The number of rotatable bonds is 6. The van der Waals surface area contributed by atoms with Gasteiger partial charge in [0.1, 0.15) is 5.76 Å². The van der Waals surface area contributed by atoms with Crippen molar-refractivity contribution in [3.8, 4) is 0 Å². The van der Waals surface area contributed by atoms with Gasteiger partial charge in [0.2, 0.25) is 0 Å². The Labute approximate surface area is 102 Å². The molecule has 2 aromatic rings. The summed E-state index contributed by atoms with van der Waals surface area (Å²) in [6, 6.07) is 12.2. The molecular weight excluding hydrogens is 212 g/mol. The zero-order valence-corrected chi connectivity index (χ0v) is 9.86. The average molecular weight is 230 g/mol. The molecule has 17 heavy (non-hydrogen) atoms. The summed E-state index contributed by atoms with van der Waals surface area (Å²) in [5.74, 6) is 0.970. The fraction of sp³-hybridized carbons (Fsp3) is 0.286. The largest absolute Gasteiger partial charge is 0.468 e. The Morgan fingerprint density at radius 3 is 2.59 bits per heavy atom. The predicted octanol–water partition coefficient (Wildman–Crippen LogP) is 2.07. The molecule has 90 valence electrons. The highest BCUT2D eigenvalue weighted by molar-refractivity contribution is 5.27. The third kappa shape index (κ3) is 3.44. The van der Waals surface area contributed by atoms with Crippen LogP contribution in [0.2, 0.25) is 0 Å². The molecule has 0 spiro atoms. The lowest BCUT2D eigenvalue weighted by atomic mass is 10.0. The van der Waals surface area contributed by atoms with E-state index in [-0.39, 0.29) is 0 Å². The smallest absolute Gasteiger partial charge is 0.117 e. The summed E-state index contributed by atoms with van der Waals surface area (Å²) in [6.45, 7) is 2.31. The van der Waals surface area contributed by atoms with Gasteiger partial charge in [0, 0.05) is 6.54 Å². The Hall–Kier alpha value is -1.58. The molecule has 0 aliphatic carbocycles. The maximum absolute atomic E-state index is 5.70. The molecule has 0 saturated carbocycles. The first-order valence-electron chi connectivity index (χ1n) is 5.90. The summed E-state index contributed by atoms with van der Waals surface area (Å²) in [4.78, 5) is 0. The van der Waals surface area contributed by atoms with E-state index in [9.17, 15) is 0 Å². The molecule has 2 rings (SSSR count). The van der Waals surface area contributed by atoms with E-state index in [0.717, 1.165) is 25.3 Å². The van der Waals surface area contributed by atoms with Gasteiger partial charge in [-0.2, -0.15) is 0 Å². The first-order chi connectivity index (χ1) is 8.40. The van der Waals surface area contributed by atoms with Crippen molar-refractivity contribution in [1.82, 2.24) is 5.32 Å². The van der Waals surface area contributed by atoms with Gasteiger partial charge in [0.25, 0.3) is 0 Å². The molecule has 1 heterocycles. The van der Waals surface area contributed by atoms with Gasteiger partial charge < -0.3 is 15.5 Å². The van der Waals surface area contributed by atoms with Crippen molar-refractivity contribution in [2.24, 2.45) is 5.73 Å². The molecule has 0 atom stereocenters. The second-order valence-electron chi connectivity index (χ2n) is 3.98. The number of nitrogens with two attached hydrogens (primary N) is 1. The van der Waals surface area contributed by atoms with Crippen LogP contribution in [0.4, 0.5) is 0 Å². The SMILES string of the molecule is NCc1ccccc1CCNCc1ccco1. The lowest BCUT2D eigenvalue weighted by Gasteiger charge is -2.07. The van der Waals surface area contributed by atoms with Gasteiger partial charge in [-0.15, -0.1) is 0 Å². The molecule has 3 nitrogen and oxygen atoms in total. The second-order valence-corrected chi connectivity index (χ2v) is 3.98. The summed E-state index contributed by atoms with van der Waals surface area (Å²) >= 11 is 0. The van der Waals surface area contributed by atoms with Crippen LogP contribution in [-0.2, 0) is 19.5 Å². The molecular formula is C14H18N2O. The highest BCUT2D eigenvalue weighted by atomic mass is 16.3. The monoisotopic (exact) mass is 230 g/mol. The van der Waals surface area contributed by atoms with Crippen LogP contribution in [0.15, 0.2) is 47.1 Å². The van der Waals surface area contributed by atoms with E-state index in [1.807, 2.05) is 18.2 Å². The van der Waals surface area contributed by atoms with Gasteiger partial charge in [-0.25, -0.2) is 0 Å². The zero-order valence-electron chi connectivity index (χ0n) is 9.86. The molecule has 0 radical (unpaired) electrons. The van der Waals surface area contributed by atoms with Gasteiger partial charge in [-0.05, 0) is 36.2 Å². The van der Waals surface area contributed by atoms with Crippen LogP contribution in [-0.4, -0.2) is 6.54 Å². The minimum absolute atomic E-state index is 0.606. The molecule has 1 aromatic heterocycles. The van der Waals surface area contributed by atoms with Crippen LogP contribution in [0, 0.1) is 0 Å². The van der Waals surface area contributed by atoms with Crippen LogP contribution >= 0.6 is 0 Å². The third-order valence-electron chi connectivity index (χ3n) is 2.79. The Kier molecular flexibility index (Phi) is 4.36. The summed E-state index contributed by atoms with van der Waals surface area (Å²) < 4.78 is 5.25. The highest BCUT2D eigenvalue weighted by Crippen LogP contribution is 2.08. The van der Waals surface area contributed by atoms with E-state index in [0.29, 0.717) is 6.54 Å². The van der Waals surface area contributed by atoms with Crippen LogP contribution in [0.3, 0.4) is 0 Å². The first-order valence-corrected chi connectivity index (χ1v) is 5.90. The van der Waals surface area contributed by atoms with E-state index in [4.69, 9.17) is 10.2 Å². The number of hydrogen-bond donors (Lipinski definition) is 2. The summed E-state index contributed by atoms with van der Waals surface area (Å²) in [6.07, 6.45) is 2.69. The van der Waals surface area contributed by atoms with Gasteiger partial charge >= 0.3 is 0 Å². The molecule has 0 unspecified atom stereocenters. The fourth-order valence-electron chi connectivity index (χ4n) is 1.85. The van der Waals surface area contributed by atoms with E-state index < -0.39 is 0 Å². The summed E-state index contributed by atoms with van der Waals surface area (Å²) in [7, 11) is 0. The van der Waals surface area contributed by atoms with Gasteiger partial charge in [-0.3, -0.25) is 0 Å². The Morgan fingerprint density at radius 2 is 1.88 bits per heavy atom. The predicted molar refractivity (Wildman–Crippen MR) is 68.5 cm³/mol. The molecule has 3 N–H and O–H groups in total. The minimum atomic E-state index is 0.606. The lowest BCUT2D eigenvalue weighted by Crippen LogP contribution is -2.17. The molecule has 1 aromatic carbocycles. The minimum Gasteiger partial charge on any atom is -0.468 e. The summed E-state index contributed by atoms with van der Waals surface area (Å²) in [5.41, 5.74) is 8.25. The quantitative estimate of drug-likeness (QED) is 0.747. The van der Waals surface area contributed by atoms with Gasteiger partial charge in [0.05, 0.1) is 12.8 Å². The van der Waals surface area contributed by atoms with Crippen molar-refractivity contribution in [3.63, 3.8) is 0 Å². The standard InChI is InChI=1S/C14H18N2O/c15-10-13-5-2-1-4-12(13)7-8-16-11-14-6-3-9-17-14/h1-6,9,16H,7-8,10-11,15H2. The molecule has 0 aliphatic rings. The van der Waals surface area contributed by atoms with Crippen molar-refractivity contribution in [2.45, 2.75) is 19.5 Å². The second kappa shape index (κ2) is 6.23. The molecule has 0 bridgehead atoms. The molecule has 0 fully saturated rings. The van der Waals surface area contributed by atoms with E-state index in [1.54, 1.807) is 6.26 Å². The Bertz CT molecular complexity index is 437. The van der Waals surface area contributed by atoms with Crippen LogP contribution in [0.5, 0.6) is 0 Å². The number of hydrogen-bond acceptors (Lipinski definition) is 3. The topological polar surface area (TPSA) is 51.2 Å². The van der Waals surface area contributed by atoms with E-state index in [1.165, 1.54) is 11.1 Å². The van der Waals surface area contributed by atoms with Crippen LogP contribution in [0.1, 0.15) is 16.9 Å². The van der Waals surface area contributed by atoms with Crippen molar-refractivity contribution < 1.29 is 4.42 Å². The fourth-order valence-corrected chi connectivity index (χ4v) is 1.85. The number of nitrogens with one attached hydrogen (secondary N) is 1. The normalized spacial score (nSPS) is 10.6. The van der Waals surface area contributed by atoms with Gasteiger partial charge in [-0.1, -0.05) is 24.3 Å². The highest BCUT2D eigenvalue weighted by Gasteiger charge is 2.00. The Balaban J connectivity index is 1.78. The Morgan fingerprint density at radius 1 is 1.06 bits per heavy atom. The van der Waals surface area contributed by atoms with Crippen molar-refractivity contribution in [2.75, 3.05) is 6.54 Å². The third-order valence-corrected chi connectivity index (χ3v) is 2.79. The zero-order chi connectivity index (χ0) is 11.9. The molecule has 0 saturated heterocycles. The van der Waals surface area contributed by atoms with Crippen molar-refractivity contribution in [1.29, 1.82) is 0 Å². The average Bonchev–Trinajstić information content (AvgIpc) is 2.88.